The van der Waals surface area contributed by atoms with Crippen molar-refractivity contribution in [2.45, 2.75) is 27.3 Å². The summed E-state index contributed by atoms with van der Waals surface area (Å²) in [7, 11) is 0. The molecule has 0 aliphatic heterocycles. The first-order valence-electron chi connectivity index (χ1n) is 11.5. The maximum absolute atomic E-state index is 13.7. The predicted molar refractivity (Wildman–Crippen MR) is 140 cm³/mol. The number of para-hydroxylation sites is 1. The number of hydrogen-bond donors (Lipinski definition) is 0. The van der Waals surface area contributed by atoms with Crippen LogP contribution < -0.4 is 10.3 Å². The lowest BCUT2D eigenvalue weighted by Gasteiger charge is -2.17. The molecule has 0 spiro atoms. The van der Waals surface area contributed by atoms with Gasteiger partial charge in [0.05, 0.1) is 12.2 Å². The van der Waals surface area contributed by atoms with Gasteiger partial charge >= 0.3 is 0 Å². The van der Waals surface area contributed by atoms with Crippen molar-refractivity contribution in [3.63, 3.8) is 0 Å². The average Bonchev–Trinajstić information content (AvgIpc) is 2.83. The smallest absolute Gasteiger partial charge is 0.259 e. The first-order chi connectivity index (χ1) is 16.5. The van der Waals surface area contributed by atoms with E-state index in [1.165, 1.54) is 11.1 Å². The fourth-order valence-electron chi connectivity index (χ4n) is 4.38. The molecular weight excluding hydrogens is 418 g/mol. The molecule has 168 valence electrons. The lowest BCUT2D eigenvalue weighted by atomic mass is 10.0. The number of pyridine rings is 1. The molecule has 0 saturated carbocycles. The minimum Gasteiger partial charge on any atom is -0.457 e. The molecule has 0 N–H and O–H groups in total. The second-order valence-corrected chi connectivity index (χ2v) is 8.88. The molecule has 5 aromatic rings. The van der Waals surface area contributed by atoms with Gasteiger partial charge < -0.3 is 9.30 Å². The summed E-state index contributed by atoms with van der Waals surface area (Å²) in [6.07, 6.45) is 0. The highest BCUT2D eigenvalue weighted by Gasteiger charge is 2.13. The van der Waals surface area contributed by atoms with Gasteiger partial charge in [0.25, 0.3) is 5.56 Å². The van der Waals surface area contributed by atoms with Gasteiger partial charge in [0.1, 0.15) is 11.5 Å². The number of hydrogen-bond acceptors (Lipinski definition) is 2. The van der Waals surface area contributed by atoms with Gasteiger partial charge in [0.15, 0.2) is 0 Å². The second-order valence-electron chi connectivity index (χ2n) is 8.88. The van der Waals surface area contributed by atoms with Gasteiger partial charge in [-0.1, -0.05) is 59.7 Å². The number of fused-ring (bicyclic) bond motifs is 1. The molecule has 1 aromatic heterocycles. The Kier molecular flexibility index (Phi) is 5.77. The molecule has 5 rings (SSSR count). The third kappa shape index (κ3) is 4.38. The number of benzene rings is 4. The first kappa shape index (κ1) is 21.7. The topological polar surface area (TPSA) is 31.2 Å². The Balaban J connectivity index is 1.61. The van der Waals surface area contributed by atoms with Crippen LogP contribution >= 0.6 is 0 Å². The Labute approximate surface area is 199 Å². The number of rotatable bonds is 5. The number of aryl methyl sites for hydroxylation is 3. The summed E-state index contributed by atoms with van der Waals surface area (Å²) in [5.74, 6) is 1.55. The molecule has 1 heterocycles. The van der Waals surface area contributed by atoms with Crippen molar-refractivity contribution in [1.82, 2.24) is 4.57 Å². The number of nitrogens with zero attached hydrogens (tertiary/aromatic N) is 1. The van der Waals surface area contributed by atoms with Crippen molar-refractivity contribution in [1.29, 1.82) is 0 Å². The summed E-state index contributed by atoms with van der Waals surface area (Å²) in [4.78, 5) is 13.7. The van der Waals surface area contributed by atoms with Crippen LogP contribution in [0.1, 0.15) is 22.3 Å². The van der Waals surface area contributed by atoms with Crippen LogP contribution in [-0.2, 0) is 6.54 Å². The molecule has 0 saturated heterocycles. The largest absolute Gasteiger partial charge is 0.457 e. The molecule has 34 heavy (non-hydrogen) atoms. The molecule has 0 fully saturated rings. The predicted octanol–water partition coefficient (Wildman–Crippen LogP) is 7.43. The Hall–Kier alpha value is -4.11. The van der Waals surface area contributed by atoms with Gasteiger partial charge in [0, 0.05) is 5.39 Å². The standard InChI is InChI=1S/C31H27NO2/c1-21-9-11-25(23(3)17-21)20-32-30(19-26-18-22(2)10-16-29(26)31(32)33)24-12-14-28(15-13-24)34-27-7-5-4-6-8-27/h4-19H,20H2,1-3H3. The maximum Gasteiger partial charge on any atom is 0.259 e. The van der Waals surface area contributed by atoms with Crippen LogP contribution in [0.2, 0.25) is 0 Å². The van der Waals surface area contributed by atoms with Crippen molar-refractivity contribution in [3.8, 4) is 22.8 Å². The third-order valence-corrected chi connectivity index (χ3v) is 6.22. The molecule has 0 radical (unpaired) electrons. The van der Waals surface area contributed by atoms with Crippen LogP contribution in [0.4, 0.5) is 0 Å². The van der Waals surface area contributed by atoms with Crippen LogP contribution in [-0.4, -0.2) is 4.57 Å². The van der Waals surface area contributed by atoms with Crippen LogP contribution in [0.3, 0.4) is 0 Å². The highest BCUT2D eigenvalue weighted by molar-refractivity contribution is 5.86. The van der Waals surface area contributed by atoms with Crippen molar-refractivity contribution in [2.75, 3.05) is 0 Å². The summed E-state index contributed by atoms with van der Waals surface area (Å²) in [6, 6.07) is 32.2. The van der Waals surface area contributed by atoms with Crippen molar-refractivity contribution >= 4 is 10.8 Å². The lowest BCUT2D eigenvalue weighted by Crippen LogP contribution is -2.23. The van der Waals surface area contributed by atoms with E-state index >= 15 is 0 Å². The van der Waals surface area contributed by atoms with E-state index in [-0.39, 0.29) is 5.56 Å². The Bertz CT molecular complexity index is 1530. The normalized spacial score (nSPS) is 11.0. The number of ether oxygens (including phenoxy) is 1. The quantitative estimate of drug-likeness (QED) is 0.282. The molecule has 0 bridgehead atoms. The first-order valence-corrected chi connectivity index (χ1v) is 11.5. The van der Waals surface area contributed by atoms with E-state index in [2.05, 4.69) is 51.1 Å². The highest BCUT2D eigenvalue weighted by atomic mass is 16.5. The summed E-state index contributed by atoms with van der Waals surface area (Å²) in [6.45, 7) is 6.77. The third-order valence-electron chi connectivity index (χ3n) is 6.22. The summed E-state index contributed by atoms with van der Waals surface area (Å²) >= 11 is 0. The summed E-state index contributed by atoms with van der Waals surface area (Å²) in [5.41, 5.74) is 6.59. The van der Waals surface area contributed by atoms with Crippen molar-refractivity contribution < 1.29 is 4.74 Å². The van der Waals surface area contributed by atoms with E-state index in [0.717, 1.165) is 44.7 Å². The van der Waals surface area contributed by atoms with Crippen LogP contribution in [0, 0.1) is 20.8 Å². The zero-order valence-corrected chi connectivity index (χ0v) is 19.7. The van der Waals surface area contributed by atoms with Gasteiger partial charge in [-0.15, -0.1) is 0 Å². The van der Waals surface area contributed by atoms with E-state index < -0.39 is 0 Å². The average molecular weight is 446 g/mol. The van der Waals surface area contributed by atoms with Crippen LogP contribution in [0.15, 0.2) is 102 Å². The molecular formula is C31H27NO2. The Morgan fingerprint density at radius 2 is 1.38 bits per heavy atom. The molecule has 3 nitrogen and oxygen atoms in total. The van der Waals surface area contributed by atoms with E-state index in [0.29, 0.717) is 6.54 Å². The van der Waals surface area contributed by atoms with Crippen molar-refractivity contribution in [3.05, 3.63) is 130 Å². The lowest BCUT2D eigenvalue weighted by molar-refractivity contribution is 0.483. The monoisotopic (exact) mass is 445 g/mol. The van der Waals surface area contributed by atoms with Gasteiger partial charge in [-0.3, -0.25) is 4.79 Å². The summed E-state index contributed by atoms with van der Waals surface area (Å²) in [5, 5.41) is 1.70. The second kappa shape index (κ2) is 9.03. The minimum atomic E-state index is 0.0251. The van der Waals surface area contributed by atoms with Crippen LogP contribution in [0.5, 0.6) is 11.5 Å². The molecule has 0 aliphatic carbocycles. The Morgan fingerprint density at radius 3 is 2.12 bits per heavy atom. The van der Waals surface area contributed by atoms with E-state index in [9.17, 15) is 4.79 Å². The minimum absolute atomic E-state index is 0.0251. The van der Waals surface area contributed by atoms with Crippen molar-refractivity contribution in [2.24, 2.45) is 0 Å². The van der Waals surface area contributed by atoms with Gasteiger partial charge in [-0.05, 0) is 91.4 Å². The van der Waals surface area contributed by atoms with E-state index in [1.54, 1.807) is 0 Å². The zero-order valence-electron chi connectivity index (χ0n) is 19.7. The molecule has 0 aliphatic rings. The Morgan fingerprint density at radius 1 is 0.706 bits per heavy atom. The SMILES string of the molecule is Cc1ccc(Cn2c(-c3ccc(Oc4ccccc4)cc3)cc3cc(C)ccc3c2=O)c(C)c1. The zero-order chi connectivity index (χ0) is 23.7. The molecule has 4 aromatic carbocycles. The fourth-order valence-corrected chi connectivity index (χ4v) is 4.38. The van der Waals surface area contributed by atoms with Gasteiger partial charge in [-0.25, -0.2) is 0 Å². The molecule has 0 amide bonds. The fraction of sp³-hybridized carbons (Fsp3) is 0.129. The van der Waals surface area contributed by atoms with E-state index in [4.69, 9.17) is 4.74 Å². The number of aromatic nitrogens is 1. The van der Waals surface area contributed by atoms with Crippen LogP contribution in [0.25, 0.3) is 22.0 Å². The van der Waals surface area contributed by atoms with Gasteiger partial charge in [-0.2, -0.15) is 0 Å². The van der Waals surface area contributed by atoms with E-state index in [1.807, 2.05) is 71.3 Å². The maximum atomic E-state index is 13.7. The van der Waals surface area contributed by atoms with Gasteiger partial charge in [0.2, 0.25) is 0 Å². The molecule has 3 heteroatoms. The summed E-state index contributed by atoms with van der Waals surface area (Å²) < 4.78 is 7.85. The molecule has 0 atom stereocenters. The highest BCUT2D eigenvalue weighted by Crippen LogP contribution is 2.28. The molecule has 0 unspecified atom stereocenters.